The molecule has 0 spiro atoms. The molecule has 1 saturated heterocycles. The van der Waals surface area contributed by atoms with E-state index >= 15 is 0 Å². The molecular weight excluding hydrogens is 162 g/mol. The van der Waals surface area contributed by atoms with Gasteiger partial charge < -0.3 is 10.5 Å². The van der Waals surface area contributed by atoms with Gasteiger partial charge in [0.15, 0.2) is 0 Å². The first kappa shape index (κ1) is 11.2. The average molecular weight is 180 g/mol. The van der Waals surface area contributed by atoms with E-state index in [1.54, 1.807) is 0 Å². The van der Waals surface area contributed by atoms with Gasteiger partial charge in [-0.05, 0) is 12.5 Å². The van der Waals surface area contributed by atoms with Crippen molar-refractivity contribution in [1.29, 1.82) is 0 Å². The molecule has 0 aliphatic carbocycles. The molecule has 1 rings (SSSR count). The van der Waals surface area contributed by atoms with Gasteiger partial charge in [-0.3, -0.25) is 0 Å². The van der Waals surface area contributed by atoms with E-state index < -0.39 is 0 Å². The summed E-state index contributed by atoms with van der Waals surface area (Å²) in [6, 6.07) is 0. The zero-order valence-corrected chi connectivity index (χ0v) is 8.10. The van der Waals surface area contributed by atoms with Crippen LogP contribution in [0.4, 0.5) is 0 Å². The molecule has 68 valence electrons. The van der Waals surface area contributed by atoms with Crippen molar-refractivity contribution in [2.24, 2.45) is 11.7 Å². The second kappa shape index (κ2) is 6.89. The monoisotopic (exact) mass is 179 g/mol. The Morgan fingerprint density at radius 1 is 1.73 bits per heavy atom. The maximum atomic E-state index is 5.28. The van der Waals surface area contributed by atoms with E-state index in [4.69, 9.17) is 22.1 Å². The molecule has 1 fully saturated rings. The number of ether oxygens (including phenoxy) is 1. The lowest BCUT2D eigenvalue weighted by Gasteiger charge is -1.98. The first-order valence-corrected chi connectivity index (χ1v) is 4.65. The SMILES string of the molecule is CCC(C)CN.ClCC1CO1. The van der Waals surface area contributed by atoms with E-state index in [1.165, 1.54) is 6.42 Å². The summed E-state index contributed by atoms with van der Waals surface area (Å²) in [6.45, 7) is 6.01. The number of rotatable bonds is 3. The molecule has 2 N–H and O–H groups in total. The van der Waals surface area contributed by atoms with Crippen LogP contribution in [0.1, 0.15) is 20.3 Å². The van der Waals surface area contributed by atoms with E-state index in [0.29, 0.717) is 17.9 Å². The molecule has 2 nitrogen and oxygen atoms in total. The second-order valence-electron chi connectivity index (χ2n) is 2.86. The lowest BCUT2D eigenvalue weighted by molar-refractivity contribution is 0.425. The van der Waals surface area contributed by atoms with Crippen LogP contribution in [0.15, 0.2) is 0 Å². The van der Waals surface area contributed by atoms with Gasteiger partial charge in [0.1, 0.15) is 0 Å². The maximum absolute atomic E-state index is 5.28. The van der Waals surface area contributed by atoms with Crippen molar-refractivity contribution in [3.05, 3.63) is 0 Å². The van der Waals surface area contributed by atoms with Crippen molar-refractivity contribution in [1.82, 2.24) is 0 Å². The highest BCUT2D eigenvalue weighted by Crippen LogP contribution is 2.08. The molecule has 0 aromatic rings. The first-order valence-electron chi connectivity index (χ1n) is 4.12. The Kier molecular flexibility index (Phi) is 7.02. The maximum Gasteiger partial charge on any atom is 0.0944 e. The highest BCUT2D eigenvalue weighted by atomic mass is 35.5. The Labute approximate surface area is 74.1 Å². The minimum atomic E-state index is 0.400. The van der Waals surface area contributed by atoms with Crippen molar-refractivity contribution in [2.75, 3.05) is 19.0 Å². The minimum Gasteiger partial charge on any atom is -0.372 e. The number of halogens is 1. The fourth-order valence-corrected chi connectivity index (χ4v) is 0.502. The largest absolute Gasteiger partial charge is 0.372 e. The summed E-state index contributed by atoms with van der Waals surface area (Å²) in [5, 5.41) is 0. The molecule has 0 bridgehead atoms. The normalized spacial score (nSPS) is 23.5. The van der Waals surface area contributed by atoms with Gasteiger partial charge in [0.25, 0.3) is 0 Å². The van der Waals surface area contributed by atoms with Gasteiger partial charge in [0, 0.05) is 0 Å². The topological polar surface area (TPSA) is 38.5 Å². The third-order valence-electron chi connectivity index (χ3n) is 1.67. The molecule has 1 aliphatic heterocycles. The lowest BCUT2D eigenvalue weighted by atomic mass is 10.1. The van der Waals surface area contributed by atoms with Crippen LogP contribution in [0, 0.1) is 5.92 Å². The van der Waals surface area contributed by atoms with Gasteiger partial charge in [0.05, 0.1) is 18.6 Å². The summed E-state index contributed by atoms with van der Waals surface area (Å²) in [4.78, 5) is 0. The zero-order valence-electron chi connectivity index (χ0n) is 7.35. The highest BCUT2D eigenvalue weighted by Gasteiger charge is 2.19. The Morgan fingerprint density at radius 3 is 2.27 bits per heavy atom. The molecular formula is C8H18ClNO. The van der Waals surface area contributed by atoms with E-state index in [0.717, 1.165) is 13.2 Å². The molecule has 0 saturated carbocycles. The zero-order chi connectivity index (χ0) is 8.69. The molecule has 0 amide bonds. The van der Waals surface area contributed by atoms with Crippen molar-refractivity contribution in [3.63, 3.8) is 0 Å². The Balaban J connectivity index is 0.000000183. The Bertz CT molecular complexity index is 82.2. The fourth-order valence-electron chi connectivity index (χ4n) is 0.324. The van der Waals surface area contributed by atoms with Crippen LogP contribution < -0.4 is 5.73 Å². The van der Waals surface area contributed by atoms with E-state index in [-0.39, 0.29) is 0 Å². The third-order valence-corrected chi connectivity index (χ3v) is 2.02. The summed E-state index contributed by atoms with van der Waals surface area (Å²) in [5.41, 5.74) is 5.28. The number of epoxide rings is 1. The molecule has 0 aromatic heterocycles. The number of hydrogen-bond acceptors (Lipinski definition) is 2. The van der Waals surface area contributed by atoms with Gasteiger partial charge in [-0.15, -0.1) is 11.6 Å². The van der Waals surface area contributed by atoms with E-state index in [9.17, 15) is 0 Å². The number of hydrogen-bond donors (Lipinski definition) is 1. The van der Waals surface area contributed by atoms with Crippen molar-refractivity contribution >= 4 is 11.6 Å². The summed E-state index contributed by atoms with van der Waals surface area (Å²) >= 11 is 5.27. The van der Waals surface area contributed by atoms with Crippen LogP contribution in [0.25, 0.3) is 0 Å². The lowest BCUT2D eigenvalue weighted by Crippen LogP contribution is -2.08. The minimum absolute atomic E-state index is 0.400. The van der Waals surface area contributed by atoms with Crippen LogP contribution in [-0.2, 0) is 4.74 Å². The van der Waals surface area contributed by atoms with Crippen LogP contribution in [-0.4, -0.2) is 25.1 Å². The van der Waals surface area contributed by atoms with Gasteiger partial charge in [-0.2, -0.15) is 0 Å². The second-order valence-corrected chi connectivity index (χ2v) is 3.17. The van der Waals surface area contributed by atoms with Crippen LogP contribution in [0.2, 0.25) is 0 Å². The molecule has 0 aromatic carbocycles. The predicted octanol–water partition coefficient (Wildman–Crippen LogP) is 1.62. The van der Waals surface area contributed by atoms with Crippen molar-refractivity contribution in [3.8, 4) is 0 Å². The summed E-state index contributed by atoms with van der Waals surface area (Å²) in [6.07, 6.45) is 1.60. The first-order chi connectivity index (χ1) is 5.24. The summed E-state index contributed by atoms with van der Waals surface area (Å²) in [5.74, 6) is 1.38. The van der Waals surface area contributed by atoms with E-state index in [2.05, 4.69) is 13.8 Å². The predicted molar refractivity (Wildman–Crippen MR) is 49.0 cm³/mol. The standard InChI is InChI=1S/C5H13N.C3H5ClO/c1-3-5(2)4-6;4-1-3-2-5-3/h5H,3-4,6H2,1-2H3;3H,1-2H2. The Hall–Kier alpha value is 0.210. The van der Waals surface area contributed by atoms with Crippen molar-refractivity contribution in [2.45, 2.75) is 26.4 Å². The molecule has 1 aliphatic rings. The average Bonchev–Trinajstić information content (AvgIpc) is 2.86. The summed E-state index contributed by atoms with van der Waals surface area (Å²) in [7, 11) is 0. The molecule has 2 unspecified atom stereocenters. The molecule has 2 atom stereocenters. The van der Waals surface area contributed by atoms with Gasteiger partial charge in [0.2, 0.25) is 0 Å². The number of nitrogens with two attached hydrogens (primary N) is 1. The molecule has 0 radical (unpaired) electrons. The molecule has 11 heavy (non-hydrogen) atoms. The number of alkyl halides is 1. The van der Waals surface area contributed by atoms with Crippen LogP contribution >= 0.6 is 11.6 Å². The quantitative estimate of drug-likeness (QED) is 0.528. The summed E-state index contributed by atoms with van der Waals surface area (Å²) < 4.78 is 4.73. The smallest absolute Gasteiger partial charge is 0.0944 e. The molecule has 3 heteroatoms. The van der Waals surface area contributed by atoms with Crippen molar-refractivity contribution < 1.29 is 4.74 Å². The highest BCUT2D eigenvalue weighted by molar-refractivity contribution is 6.18. The Morgan fingerprint density at radius 2 is 2.27 bits per heavy atom. The fraction of sp³-hybridized carbons (Fsp3) is 1.00. The van der Waals surface area contributed by atoms with Gasteiger partial charge in [-0.25, -0.2) is 0 Å². The van der Waals surface area contributed by atoms with E-state index in [1.807, 2.05) is 0 Å². The molecule has 1 heterocycles. The van der Waals surface area contributed by atoms with Gasteiger partial charge in [-0.1, -0.05) is 20.3 Å². The van der Waals surface area contributed by atoms with Crippen LogP contribution in [0.5, 0.6) is 0 Å². The van der Waals surface area contributed by atoms with Crippen LogP contribution in [0.3, 0.4) is 0 Å². The third kappa shape index (κ3) is 8.11. The van der Waals surface area contributed by atoms with Gasteiger partial charge >= 0.3 is 0 Å².